The van der Waals surface area contributed by atoms with Crippen molar-refractivity contribution in [2.75, 3.05) is 5.32 Å². The SMILES string of the molecule is CC(C)c1cc(S(=O)(=O)O)cc(C(C)C)c1/N=c1\cc2oc3cc(Nc4c(C(C)C)cc(S(=O)(=O)O)cc4C(C)C)ccc3c(-c3ccccc3S(=O)(=O)O)c-2cc1S(=O)(=O)O. The minimum atomic E-state index is -5.11. The van der Waals surface area contributed by atoms with Crippen LogP contribution in [0.2, 0.25) is 0 Å². The van der Waals surface area contributed by atoms with Crippen LogP contribution in [0.5, 0.6) is 0 Å². The van der Waals surface area contributed by atoms with E-state index in [0.717, 1.165) is 6.07 Å². The third-order valence-electron chi connectivity index (χ3n) is 10.4. The third kappa shape index (κ3) is 9.35. The van der Waals surface area contributed by atoms with Crippen molar-refractivity contribution in [3.63, 3.8) is 0 Å². The van der Waals surface area contributed by atoms with Gasteiger partial charge in [0.05, 0.1) is 20.8 Å². The first-order valence-corrected chi connectivity index (χ1v) is 25.0. The Bertz CT molecular complexity index is 3220. The summed E-state index contributed by atoms with van der Waals surface area (Å²) in [5.41, 5.74) is 3.21. The molecule has 1 aliphatic carbocycles. The van der Waals surface area contributed by atoms with Gasteiger partial charge in [0.25, 0.3) is 40.5 Å². The minimum absolute atomic E-state index is 0.000705. The molecule has 1 aliphatic heterocycles. The topological polar surface area (TPSA) is 255 Å². The zero-order valence-corrected chi connectivity index (χ0v) is 38.1. The highest BCUT2D eigenvalue weighted by Gasteiger charge is 2.28. The lowest BCUT2D eigenvalue weighted by Crippen LogP contribution is -2.17. The monoisotopic (exact) mass is 926 g/mol. The van der Waals surface area contributed by atoms with Gasteiger partial charge in [-0.05, 0) is 94.5 Å². The minimum Gasteiger partial charge on any atom is -0.456 e. The third-order valence-corrected chi connectivity index (χ3v) is 13.9. The van der Waals surface area contributed by atoms with Crippen LogP contribution in [0.1, 0.15) is 101 Å². The summed E-state index contributed by atoms with van der Waals surface area (Å²) in [6.45, 7) is 14.4. The van der Waals surface area contributed by atoms with Gasteiger partial charge in [-0.1, -0.05) is 73.6 Å². The molecule has 0 radical (unpaired) electrons. The standard InChI is InChI=1S/C43H46N2O13S4/c1-22(2)31-16-27(59(46,47)48)17-32(23(3)4)42(31)44-26-13-14-29-37(15-26)58-38-21-36(45-43-33(24(5)6)18-28(60(49,50)51)19-34(43)25(7)8)40(62(55,56)57)20-35(38)41(29)30-11-9-10-12-39(30)61(52,53)54/h9-25,44H,1-8H3,(H,46,47,48)(H,49,50,51)(H,52,53,54)(H,55,56,57)/b45-36+. The van der Waals surface area contributed by atoms with Crippen molar-refractivity contribution in [1.29, 1.82) is 0 Å². The summed E-state index contributed by atoms with van der Waals surface area (Å²) in [6.07, 6.45) is 0. The Morgan fingerprint density at radius 1 is 0.532 bits per heavy atom. The number of nitrogens with one attached hydrogen (secondary N) is 1. The van der Waals surface area contributed by atoms with E-state index in [4.69, 9.17) is 9.41 Å². The largest absolute Gasteiger partial charge is 0.456 e. The quantitative estimate of drug-likeness (QED) is 0.0566. The maximum Gasteiger partial charge on any atom is 0.296 e. The Morgan fingerprint density at radius 3 is 1.48 bits per heavy atom. The Labute approximate surface area is 360 Å². The van der Waals surface area contributed by atoms with Crippen LogP contribution < -0.4 is 10.7 Å². The summed E-state index contributed by atoms with van der Waals surface area (Å²) in [5, 5.41) is 3.31. The van der Waals surface area contributed by atoms with Gasteiger partial charge in [-0.25, -0.2) is 4.99 Å². The molecule has 330 valence electrons. The molecule has 0 aromatic heterocycles. The fraction of sp³-hybridized carbons (Fsp3) is 0.279. The van der Waals surface area contributed by atoms with Crippen LogP contribution in [0, 0.1) is 0 Å². The first kappa shape index (κ1) is 46.5. The van der Waals surface area contributed by atoms with Gasteiger partial charge in [-0.3, -0.25) is 18.2 Å². The molecule has 4 aromatic carbocycles. The van der Waals surface area contributed by atoms with Crippen LogP contribution in [-0.4, -0.2) is 51.9 Å². The van der Waals surface area contributed by atoms with Crippen molar-refractivity contribution in [3.8, 4) is 22.5 Å². The Kier molecular flexibility index (Phi) is 12.5. The molecule has 62 heavy (non-hydrogen) atoms. The van der Waals surface area contributed by atoms with Crippen LogP contribution in [-0.2, 0) is 40.5 Å². The van der Waals surface area contributed by atoms with E-state index >= 15 is 0 Å². The van der Waals surface area contributed by atoms with Crippen molar-refractivity contribution in [3.05, 3.63) is 106 Å². The number of fused-ring (bicyclic) bond motifs is 2. The number of rotatable bonds is 12. The summed E-state index contributed by atoms with van der Waals surface area (Å²) in [7, 11) is -19.2. The molecule has 15 nitrogen and oxygen atoms in total. The molecule has 0 saturated carbocycles. The van der Waals surface area contributed by atoms with E-state index in [0.29, 0.717) is 33.6 Å². The average molecular weight is 927 g/mol. The van der Waals surface area contributed by atoms with Gasteiger partial charge in [0, 0.05) is 45.6 Å². The zero-order chi connectivity index (χ0) is 46.0. The van der Waals surface area contributed by atoms with Crippen LogP contribution in [0.25, 0.3) is 33.4 Å². The van der Waals surface area contributed by atoms with Crippen LogP contribution in [0.3, 0.4) is 0 Å². The van der Waals surface area contributed by atoms with Crippen molar-refractivity contribution < 1.29 is 56.3 Å². The molecule has 19 heteroatoms. The molecule has 0 bridgehead atoms. The molecule has 0 spiro atoms. The van der Waals surface area contributed by atoms with E-state index in [-0.39, 0.29) is 66.1 Å². The molecule has 5 N–H and O–H groups in total. The molecule has 0 atom stereocenters. The van der Waals surface area contributed by atoms with E-state index in [1.54, 1.807) is 45.9 Å². The molecule has 4 aromatic rings. The fourth-order valence-electron chi connectivity index (χ4n) is 7.40. The maximum atomic E-state index is 13.3. The summed E-state index contributed by atoms with van der Waals surface area (Å²) in [5.74, 6) is -1.28. The van der Waals surface area contributed by atoms with Crippen molar-refractivity contribution in [1.82, 2.24) is 0 Å². The molecule has 0 unspecified atom stereocenters. The van der Waals surface area contributed by atoms with Crippen molar-refractivity contribution in [2.24, 2.45) is 4.99 Å². The summed E-state index contributed by atoms with van der Waals surface area (Å²) in [6, 6.07) is 17.9. The predicted molar refractivity (Wildman–Crippen MR) is 235 cm³/mol. The van der Waals surface area contributed by atoms with Crippen molar-refractivity contribution in [2.45, 2.75) is 98.6 Å². The molecular formula is C43H46N2O13S4. The van der Waals surface area contributed by atoms with Crippen LogP contribution in [0.15, 0.2) is 108 Å². The van der Waals surface area contributed by atoms with Gasteiger partial charge in [0.2, 0.25) is 0 Å². The van der Waals surface area contributed by atoms with Gasteiger partial charge in [-0.2, -0.15) is 33.7 Å². The van der Waals surface area contributed by atoms with Crippen LogP contribution in [0.4, 0.5) is 17.1 Å². The van der Waals surface area contributed by atoms with Gasteiger partial charge in [0.15, 0.2) is 0 Å². The number of hydrogen-bond donors (Lipinski definition) is 5. The normalized spacial score (nSPS) is 13.4. The van der Waals surface area contributed by atoms with E-state index in [1.807, 2.05) is 27.7 Å². The Hall–Kier alpha value is -4.99. The number of anilines is 2. The summed E-state index contributed by atoms with van der Waals surface area (Å²) in [4.78, 5) is 2.86. The lowest BCUT2D eigenvalue weighted by atomic mass is 9.92. The smallest absolute Gasteiger partial charge is 0.296 e. The summed E-state index contributed by atoms with van der Waals surface area (Å²) < 4.78 is 149. The number of hydrogen-bond acceptors (Lipinski definition) is 11. The van der Waals surface area contributed by atoms with E-state index in [9.17, 15) is 51.9 Å². The molecule has 0 amide bonds. The first-order valence-electron chi connectivity index (χ1n) is 19.3. The van der Waals surface area contributed by atoms with Gasteiger partial charge in [-0.15, -0.1) is 0 Å². The summed E-state index contributed by atoms with van der Waals surface area (Å²) >= 11 is 0. The van der Waals surface area contributed by atoms with E-state index < -0.39 is 62.1 Å². The molecule has 6 rings (SSSR count). The molecular weight excluding hydrogens is 881 g/mol. The predicted octanol–water partition coefficient (Wildman–Crippen LogP) is 9.66. The lowest BCUT2D eigenvalue weighted by Gasteiger charge is -2.23. The zero-order valence-electron chi connectivity index (χ0n) is 34.9. The molecule has 2 aliphatic rings. The Balaban J connectivity index is 1.76. The number of nitrogens with zero attached hydrogens (tertiary/aromatic N) is 1. The average Bonchev–Trinajstić information content (AvgIpc) is 3.14. The molecule has 0 fully saturated rings. The second-order valence-electron chi connectivity index (χ2n) is 16.2. The van der Waals surface area contributed by atoms with E-state index in [1.165, 1.54) is 54.6 Å². The maximum absolute atomic E-state index is 13.3. The van der Waals surface area contributed by atoms with Gasteiger partial charge in [0.1, 0.15) is 21.1 Å². The highest BCUT2D eigenvalue weighted by molar-refractivity contribution is 7.86. The second kappa shape index (κ2) is 16.6. The van der Waals surface area contributed by atoms with Gasteiger partial charge < -0.3 is 9.73 Å². The first-order chi connectivity index (χ1) is 28.6. The lowest BCUT2D eigenvalue weighted by molar-refractivity contribution is 0.480. The van der Waals surface area contributed by atoms with Crippen LogP contribution >= 0.6 is 0 Å². The Morgan fingerprint density at radius 2 is 1.02 bits per heavy atom. The highest BCUT2D eigenvalue weighted by Crippen LogP contribution is 2.45. The highest BCUT2D eigenvalue weighted by atomic mass is 32.2. The molecule has 0 saturated heterocycles. The molecule has 1 heterocycles. The van der Waals surface area contributed by atoms with Crippen molar-refractivity contribution >= 4 is 68.5 Å². The number of benzene rings is 5. The second-order valence-corrected chi connectivity index (χ2v) is 21.8. The fourth-order valence-corrected chi connectivity index (χ4v) is 9.84. The van der Waals surface area contributed by atoms with E-state index in [2.05, 4.69) is 5.32 Å². The van der Waals surface area contributed by atoms with Gasteiger partial charge >= 0.3 is 0 Å².